The van der Waals surface area contributed by atoms with Gasteiger partial charge in [0.05, 0.1) is 0 Å². The largest absolute Gasteiger partial charge is 0.350 e. The second-order valence-corrected chi connectivity index (χ2v) is 3.23. The Balaban J connectivity index is 2.47. The van der Waals surface area contributed by atoms with Crippen LogP contribution in [0.1, 0.15) is 32.6 Å². The van der Waals surface area contributed by atoms with Crippen molar-refractivity contribution in [1.82, 2.24) is 5.43 Å². The molecule has 12 heavy (non-hydrogen) atoms. The predicted molar refractivity (Wildman–Crippen MR) is 47.8 cm³/mol. The van der Waals surface area contributed by atoms with Crippen molar-refractivity contribution < 1.29 is 4.79 Å². The van der Waals surface area contributed by atoms with E-state index < -0.39 is 6.03 Å². The van der Waals surface area contributed by atoms with Crippen LogP contribution in [0.15, 0.2) is 5.10 Å². The van der Waals surface area contributed by atoms with Gasteiger partial charge in [-0.15, -0.1) is 0 Å². The van der Waals surface area contributed by atoms with E-state index in [9.17, 15) is 4.79 Å². The molecule has 0 spiro atoms. The number of amides is 2. The molecule has 0 unspecified atom stereocenters. The maximum Gasteiger partial charge on any atom is 0.332 e. The van der Waals surface area contributed by atoms with Gasteiger partial charge in [-0.25, -0.2) is 10.2 Å². The van der Waals surface area contributed by atoms with Crippen LogP contribution in [-0.2, 0) is 0 Å². The van der Waals surface area contributed by atoms with Crippen LogP contribution >= 0.6 is 0 Å². The molecule has 3 N–H and O–H groups in total. The van der Waals surface area contributed by atoms with Gasteiger partial charge in [0.15, 0.2) is 0 Å². The van der Waals surface area contributed by atoms with Gasteiger partial charge in [0.25, 0.3) is 0 Å². The van der Waals surface area contributed by atoms with Gasteiger partial charge >= 0.3 is 6.03 Å². The zero-order chi connectivity index (χ0) is 8.97. The first kappa shape index (κ1) is 9.03. The zero-order valence-corrected chi connectivity index (χ0v) is 7.34. The van der Waals surface area contributed by atoms with Crippen LogP contribution in [-0.4, -0.2) is 11.7 Å². The topological polar surface area (TPSA) is 67.5 Å². The Kier molecular flexibility index (Phi) is 3.08. The first-order valence-corrected chi connectivity index (χ1v) is 4.32. The van der Waals surface area contributed by atoms with E-state index in [-0.39, 0.29) is 0 Å². The number of primary amides is 1. The van der Waals surface area contributed by atoms with Gasteiger partial charge in [-0.1, -0.05) is 13.3 Å². The van der Waals surface area contributed by atoms with Gasteiger partial charge in [-0.2, -0.15) is 5.10 Å². The van der Waals surface area contributed by atoms with E-state index in [2.05, 4.69) is 17.5 Å². The summed E-state index contributed by atoms with van der Waals surface area (Å²) < 4.78 is 0. The molecule has 0 heterocycles. The fraction of sp³-hybridized carbons (Fsp3) is 0.750. The summed E-state index contributed by atoms with van der Waals surface area (Å²) in [5.41, 5.74) is 8.24. The normalized spacial score (nSPS) is 27.1. The summed E-state index contributed by atoms with van der Waals surface area (Å²) in [4.78, 5) is 10.4. The van der Waals surface area contributed by atoms with E-state index in [0.29, 0.717) is 5.92 Å². The summed E-state index contributed by atoms with van der Waals surface area (Å²) in [6, 6.07) is -0.583. The van der Waals surface area contributed by atoms with Crippen molar-refractivity contribution >= 4 is 11.7 Å². The highest BCUT2D eigenvalue weighted by Gasteiger charge is 2.15. The number of carbonyl (C=O) groups is 1. The Bertz CT molecular complexity index is 200. The first-order valence-electron chi connectivity index (χ1n) is 4.32. The van der Waals surface area contributed by atoms with Crippen LogP contribution in [0, 0.1) is 5.92 Å². The van der Waals surface area contributed by atoms with Gasteiger partial charge in [-0.3, -0.25) is 0 Å². The SMILES string of the molecule is C[C@@H]1CCCCC1=NNC(N)=O. The Morgan fingerprint density at radius 2 is 2.42 bits per heavy atom. The van der Waals surface area contributed by atoms with Gasteiger partial charge in [0.1, 0.15) is 0 Å². The van der Waals surface area contributed by atoms with E-state index in [1.165, 1.54) is 19.3 Å². The lowest BCUT2D eigenvalue weighted by molar-refractivity contribution is 0.249. The molecule has 4 nitrogen and oxygen atoms in total. The first-order chi connectivity index (χ1) is 5.70. The molecular weight excluding hydrogens is 154 g/mol. The van der Waals surface area contributed by atoms with Crippen molar-refractivity contribution in [1.29, 1.82) is 0 Å². The van der Waals surface area contributed by atoms with E-state index >= 15 is 0 Å². The van der Waals surface area contributed by atoms with Crippen LogP contribution in [0.5, 0.6) is 0 Å². The minimum atomic E-state index is -0.583. The van der Waals surface area contributed by atoms with Gasteiger partial charge < -0.3 is 5.73 Å². The molecule has 0 aromatic heterocycles. The molecule has 4 heteroatoms. The van der Waals surface area contributed by atoms with Crippen molar-refractivity contribution in [2.24, 2.45) is 16.8 Å². The number of hydrogen-bond donors (Lipinski definition) is 2. The number of hydrogen-bond acceptors (Lipinski definition) is 2. The smallest absolute Gasteiger partial charge is 0.332 e. The Hall–Kier alpha value is -1.06. The summed E-state index contributed by atoms with van der Waals surface area (Å²) in [6.45, 7) is 2.13. The molecule has 1 saturated carbocycles. The summed E-state index contributed by atoms with van der Waals surface area (Å²) in [5, 5.41) is 3.96. The third-order valence-corrected chi connectivity index (χ3v) is 2.20. The average molecular weight is 169 g/mol. The van der Waals surface area contributed by atoms with Crippen molar-refractivity contribution in [3.8, 4) is 0 Å². The van der Waals surface area contributed by atoms with E-state index in [0.717, 1.165) is 12.1 Å². The molecule has 0 aromatic rings. The van der Waals surface area contributed by atoms with Crippen LogP contribution in [0.3, 0.4) is 0 Å². The quantitative estimate of drug-likeness (QED) is 0.569. The molecule has 1 rings (SSSR count). The molecule has 1 atom stereocenters. The minimum Gasteiger partial charge on any atom is -0.350 e. The lowest BCUT2D eigenvalue weighted by Crippen LogP contribution is -2.28. The molecule has 0 aliphatic heterocycles. The maximum absolute atomic E-state index is 10.4. The van der Waals surface area contributed by atoms with Crippen molar-refractivity contribution in [3.05, 3.63) is 0 Å². The molecule has 1 aliphatic rings. The molecule has 1 fully saturated rings. The van der Waals surface area contributed by atoms with Gasteiger partial charge in [0.2, 0.25) is 0 Å². The van der Waals surface area contributed by atoms with Gasteiger partial charge in [-0.05, 0) is 25.2 Å². The molecular formula is C8H15N3O. The predicted octanol–water partition coefficient (Wildman–Crippen LogP) is 1.22. The number of nitrogens with two attached hydrogens (primary N) is 1. The van der Waals surface area contributed by atoms with E-state index in [4.69, 9.17) is 5.73 Å². The molecule has 1 aliphatic carbocycles. The molecule has 0 aromatic carbocycles. The average Bonchev–Trinajstić information content (AvgIpc) is 2.03. The molecule has 68 valence electrons. The monoisotopic (exact) mass is 169 g/mol. The number of nitrogens with one attached hydrogen (secondary N) is 1. The highest BCUT2D eigenvalue weighted by molar-refractivity contribution is 5.88. The molecule has 0 radical (unpaired) electrons. The summed E-state index contributed by atoms with van der Waals surface area (Å²) in [7, 11) is 0. The maximum atomic E-state index is 10.4. The summed E-state index contributed by atoms with van der Waals surface area (Å²) in [5.74, 6) is 0.491. The standard InChI is InChI=1S/C8H15N3O/c1-6-4-2-3-5-7(6)10-11-8(9)12/h6H,2-5H2,1H3,(H3,9,11,12)/t6-/m1/s1. The van der Waals surface area contributed by atoms with Crippen molar-refractivity contribution in [2.75, 3.05) is 0 Å². The van der Waals surface area contributed by atoms with Gasteiger partial charge in [0, 0.05) is 5.71 Å². The van der Waals surface area contributed by atoms with Crippen molar-refractivity contribution in [3.63, 3.8) is 0 Å². The number of carbonyl (C=O) groups excluding carboxylic acids is 1. The Morgan fingerprint density at radius 3 is 3.00 bits per heavy atom. The second-order valence-electron chi connectivity index (χ2n) is 3.23. The highest BCUT2D eigenvalue weighted by atomic mass is 16.2. The van der Waals surface area contributed by atoms with Crippen LogP contribution < -0.4 is 11.2 Å². The third kappa shape index (κ3) is 2.53. The fourth-order valence-corrected chi connectivity index (χ4v) is 1.46. The number of urea groups is 1. The fourth-order valence-electron chi connectivity index (χ4n) is 1.46. The van der Waals surface area contributed by atoms with Crippen molar-refractivity contribution in [2.45, 2.75) is 32.6 Å². The van der Waals surface area contributed by atoms with Crippen LogP contribution in [0.25, 0.3) is 0 Å². The number of nitrogens with zero attached hydrogens (tertiary/aromatic N) is 1. The summed E-state index contributed by atoms with van der Waals surface area (Å²) in [6.07, 6.45) is 4.58. The zero-order valence-electron chi connectivity index (χ0n) is 7.34. The number of rotatable bonds is 1. The summed E-state index contributed by atoms with van der Waals surface area (Å²) >= 11 is 0. The molecule has 0 bridgehead atoms. The highest BCUT2D eigenvalue weighted by Crippen LogP contribution is 2.20. The number of hydrazone groups is 1. The van der Waals surface area contributed by atoms with E-state index in [1.54, 1.807) is 0 Å². The lowest BCUT2D eigenvalue weighted by Gasteiger charge is -2.19. The van der Waals surface area contributed by atoms with E-state index in [1.807, 2.05) is 0 Å². The lowest BCUT2D eigenvalue weighted by atomic mass is 9.89. The second kappa shape index (κ2) is 4.09. The minimum absolute atomic E-state index is 0.491. The third-order valence-electron chi connectivity index (χ3n) is 2.20. The molecule has 2 amide bonds. The van der Waals surface area contributed by atoms with Crippen LogP contribution in [0.4, 0.5) is 4.79 Å². The Labute approximate surface area is 72.2 Å². The van der Waals surface area contributed by atoms with Crippen LogP contribution in [0.2, 0.25) is 0 Å². The molecule has 0 saturated heterocycles. The Morgan fingerprint density at radius 1 is 1.67 bits per heavy atom.